The summed E-state index contributed by atoms with van der Waals surface area (Å²) in [6.07, 6.45) is 2.50. The molecular weight excluding hydrogens is 311 g/mol. The maximum atomic E-state index is 12.8. The van der Waals surface area contributed by atoms with Crippen LogP contribution in [0.15, 0.2) is 29.2 Å². The zero-order valence-corrected chi connectivity index (χ0v) is 13.7. The molecule has 0 spiro atoms. The van der Waals surface area contributed by atoms with Crippen molar-refractivity contribution in [1.82, 2.24) is 10.6 Å². The zero-order valence-electron chi connectivity index (χ0n) is 12.1. The highest BCUT2D eigenvalue weighted by atomic mass is 35.5. The number of halogens is 2. The van der Waals surface area contributed by atoms with Gasteiger partial charge in [0.25, 0.3) is 0 Å². The fourth-order valence-electron chi connectivity index (χ4n) is 2.36. The molecule has 1 amide bonds. The Labute approximate surface area is 135 Å². The Bertz CT molecular complexity index is 444. The molecule has 118 valence electrons. The normalized spacial score (nSPS) is 21.4. The van der Waals surface area contributed by atoms with Crippen LogP contribution in [-0.4, -0.2) is 30.3 Å². The molecule has 2 N–H and O–H groups in total. The molecule has 0 saturated carbocycles. The highest BCUT2D eigenvalue weighted by Crippen LogP contribution is 2.19. The summed E-state index contributed by atoms with van der Waals surface area (Å²) in [6.45, 7) is 3.11. The molecule has 2 rings (SSSR count). The molecule has 3 nitrogen and oxygen atoms in total. The van der Waals surface area contributed by atoms with Crippen molar-refractivity contribution < 1.29 is 9.18 Å². The van der Waals surface area contributed by atoms with E-state index in [0.29, 0.717) is 18.5 Å². The Balaban J connectivity index is 0.00000220. The Morgan fingerprint density at radius 2 is 2.14 bits per heavy atom. The number of nitrogens with one attached hydrogen (secondary N) is 2. The molecule has 1 aromatic rings. The van der Waals surface area contributed by atoms with Gasteiger partial charge in [0.05, 0.1) is 0 Å². The van der Waals surface area contributed by atoms with Gasteiger partial charge in [-0.1, -0.05) is 0 Å². The number of hydrogen-bond acceptors (Lipinski definition) is 3. The largest absolute Gasteiger partial charge is 0.353 e. The third kappa shape index (κ3) is 6.68. The predicted octanol–water partition coefficient (Wildman–Crippen LogP) is 2.99. The summed E-state index contributed by atoms with van der Waals surface area (Å²) in [5, 5.41) is 6.46. The van der Waals surface area contributed by atoms with E-state index in [-0.39, 0.29) is 24.1 Å². The lowest BCUT2D eigenvalue weighted by Gasteiger charge is -2.28. The van der Waals surface area contributed by atoms with Crippen molar-refractivity contribution >= 4 is 30.1 Å². The minimum atomic E-state index is -0.230. The molecule has 0 bridgehead atoms. The molecule has 0 aromatic heterocycles. The Morgan fingerprint density at radius 1 is 1.43 bits per heavy atom. The van der Waals surface area contributed by atoms with Gasteiger partial charge in [-0.05, 0) is 50.6 Å². The first kappa shape index (κ1) is 18.3. The van der Waals surface area contributed by atoms with Crippen LogP contribution in [0.1, 0.15) is 26.2 Å². The monoisotopic (exact) mass is 332 g/mol. The van der Waals surface area contributed by atoms with E-state index in [1.54, 1.807) is 23.9 Å². The Hall–Kier alpha value is -0.780. The van der Waals surface area contributed by atoms with Crippen molar-refractivity contribution in [1.29, 1.82) is 0 Å². The van der Waals surface area contributed by atoms with Gasteiger partial charge >= 0.3 is 0 Å². The SMILES string of the molecule is CC1CC(NC(=O)CCSc2ccc(F)cc2)CCN1.Cl. The zero-order chi connectivity index (χ0) is 14.4. The van der Waals surface area contributed by atoms with Crippen LogP contribution in [0.2, 0.25) is 0 Å². The maximum absolute atomic E-state index is 12.8. The first-order valence-electron chi connectivity index (χ1n) is 7.04. The van der Waals surface area contributed by atoms with Crippen LogP contribution < -0.4 is 10.6 Å². The van der Waals surface area contributed by atoms with Crippen LogP contribution in [0, 0.1) is 5.82 Å². The van der Waals surface area contributed by atoms with Crippen molar-refractivity contribution in [3.8, 4) is 0 Å². The minimum absolute atomic E-state index is 0. The van der Waals surface area contributed by atoms with Crippen molar-refractivity contribution in [2.75, 3.05) is 12.3 Å². The molecule has 2 unspecified atom stereocenters. The van der Waals surface area contributed by atoms with Gasteiger partial charge in [-0.25, -0.2) is 4.39 Å². The summed E-state index contributed by atoms with van der Waals surface area (Å²) in [6, 6.07) is 7.15. The van der Waals surface area contributed by atoms with E-state index in [1.165, 1.54) is 12.1 Å². The summed E-state index contributed by atoms with van der Waals surface area (Å²) < 4.78 is 12.8. The first-order chi connectivity index (χ1) is 9.63. The topological polar surface area (TPSA) is 41.1 Å². The lowest BCUT2D eigenvalue weighted by atomic mass is 10.0. The molecule has 1 fully saturated rings. The van der Waals surface area contributed by atoms with Crippen molar-refractivity contribution in [3.63, 3.8) is 0 Å². The summed E-state index contributed by atoms with van der Waals surface area (Å²) in [5.74, 6) is 0.601. The van der Waals surface area contributed by atoms with Crippen molar-refractivity contribution in [2.24, 2.45) is 0 Å². The molecule has 0 aliphatic carbocycles. The molecule has 2 atom stereocenters. The second-order valence-electron chi connectivity index (χ2n) is 5.20. The second kappa shape index (κ2) is 9.28. The van der Waals surface area contributed by atoms with E-state index < -0.39 is 0 Å². The predicted molar refractivity (Wildman–Crippen MR) is 87.6 cm³/mol. The molecule has 1 aliphatic rings. The molecule has 6 heteroatoms. The van der Waals surface area contributed by atoms with Gasteiger partial charge in [0.15, 0.2) is 0 Å². The summed E-state index contributed by atoms with van der Waals surface area (Å²) in [7, 11) is 0. The van der Waals surface area contributed by atoms with Crippen molar-refractivity contribution in [2.45, 2.75) is 43.2 Å². The molecule has 0 radical (unpaired) electrons. The highest BCUT2D eigenvalue weighted by Gasteiger charge is 2.19. The summed E-state index contributed by atoms with van der Waals surface area (Å²) in [5.41, 5.74) is 0. The van der Waals surface area contributed by atoms with E-state index in [9.17, 15) is 9.18 Å². The summed E-state index contributed by atoms with van der Waals surface area (Å²) in [4.78, 5) is 12.9. The molecule has 1 saturated heterocycles. The third-order valence-corrected chi connectivity index (χ3v) is 4.41. The van der Waals surface area contributed by atoms with Gasteiger partial charge in [0.1, 0.15) is 5.82 Å². The first-order valence-corrected chi connectivity index (χ1v) is 8.03. The second-order valence-corrected chi connectivity index (χ2v) is 6.36. The number of piperidine rings is 1. The van der Waals surface area contributed by atoms with Gasteiger partial charge < -0.3 is 10.6 Å². The van der Waals surface area contributed by atoms with E-state index in [2.05, 4.69) is 17.6 Å². The average molecular weight is 333 g/mol. The average Bonchev–Trinajstić information content (AvgIpc) is 2.41. The number of hydrogen-bond donors (Lipinski definition) is 2. The van der Waals surface area contributed by atoms with Crippen LogP contribution in [-0.2, 0) is 4.79 Å². The Kier molecular flexibility index (Phi) is 8.07. The lowest BCUT2D eigenvalue weighted by molar-refractivity contribution is -0.121. The van der Waals surface area contributed by atoms with Crippen molar-refractivity contribution in [3.05, 3.63) is 30.1 Å². The van der Waals surface area contributed by atoms with Gasteiger partial charge in [-0.2, -0.15) is 0 Å². The van der Waals surface area contributed by atoms with E-state index in [4.69, 9.17) is 0 Å². The van der Waals surface area contributed by atoms with Crippen LogP contribution >= 0.6 is 24.2 Å². The lowest BCUT2D eigenvalue weighted by Crippen LogP contribution is -2.46. The summed E-state index contributed by atoms with van der Waals surface area (Å²) >= 11 is 1.58. The number of carbonyl (C=O) groups is 1. The maximum Gasteiger partial charge on any atom is 0.221 e. The van der Waals surface area contributed by atoms with Gasteiger partial charge in [-0.15, -0.1) is 24.2 Å². The standard InChI is InChI=1S/C15H21FN2OS.ClH/c1-11-10-13(6-8-17-11)18-15(19)7-9-20-14-4-2-12(16)3-5-14;/h2-5,11,13,17H,6-10H2,1H3,(H,18,19);1H. The Morgan fingerprint density at radius 3 is 2.81 bits per heavy atom. The fourth-order valence-corrected chi connectivity index (χ4v) is 3.21. The number of rotatable bonds is 5. The van der Waals surface area contributed by atoms with Gasteiger partial charge in [-0.3, -0.25) is 4.79 Å². The number of benzene rings is 1. The molecule has 1 heterocycles. The number of amides is 1. The smallest absolute Gasteiger partial charge is 0.221 e. The van der Waals surface area contributed by atoms with Gasteiger partial charge in [0.2, 0.25) is 5.91 Å². The molecule has 1 aliphatic heterocycles. The van der Waals surface area contributed by atoms with E-state index in [1.807, 2.05) is 0 Å². The molecule has 1 aromatic carbocycles. The van der Waals surface area contributed by atoms with Crippen LogP contribution in [0.5, 0.6) is 0 Å². The van der Waals surface area contributed by atoms with Crippen LogP contribution in [0.4, 0.5) is 4.39 Å². The number of thioether (sulfide) groups is 1. The van der Waals surface area contributed by atoms with Gasteiger partial charge in [0, 0.05) is 29.2 Å². The van der Waals surface area contributed by atoms with E-state index >= 15 is 0 Å². The van der Waals surface area contributed by atoms with E-state index in [0.717, 1.165) is 30.0 Å². The van der Waals surface area contributed by atoms with Crippen LogP contribution in [0.25, 0.3) is 0 Å². The molecular formula is C15H22ClFN2OS. The highest BCUT2D eigenvalue weighted by molar-refractivity contribution is 7.99. The molecule has 21 heavy (non-hydrogen) atoms. The fraction of sp³-hybridized carbons (Fsp3) is 0.533. The quantitative estimate of drug-likeness (QED) is 0.814. The number of carbonyl (C=O) groups excluding carboxylic acids is 1. The third-order valence-electron chi connectivity index (χ3n) is 3.40. The van der Waals surface area contributed by atoms with Crippen LogP contribution in [0.3, 0.4) is 0 Å². The minimum Gasteiger partial charge on any atom is -0.353 e.